The third-order valence-electron chi connectivity index (χ3n) is 4.45. The standard InChI is InChI=1S/C16H18N6O3/c17-14-13-15(20-8-19-14)22(10-3-1-2-4-11(10)24)21-16(13)25-12-7-9(23)5-6-18-12/h5-8,10-11,24H,1-4H2,(H,18,23)(H2,17,19,20)/t10-,11+/m0/s1. The van der Waals surface area contributed by atoms with Crippen molar-refractivity contribution in [1.29, 1.82) is 0 Å². The van der Waals surface area contributed by atoms with Gasteiger partial charge in [-0.3, -0.25) is 4.79 Å². The first-order valence-electron chi connectivity index (χ1n) is 8.17. The van der Waals surface area contributed by atoms with Gasteiger partial charge >= 0.3 is 0 Å². The number of anilines is 1. The van der Waals surface area contributed by atoms with Gasteiger partial charge in [-0.2, -0.15) is 0 Å². The molecule has 3 aromatic heterocycles. The van der Waals surface area contributed by atoms with Crippen molar-refractivity contribution in [3.05, 3.63) is 34.9 Å². The maximum absolute atomic E-state index is 11.5. The number of ether oxygens (including phenoxy) is 1. The molecule has 0 bridgehead atoms. The molecule has 2 atom stereocenters. The monoisotopic (exact) mass is 342 g/mol. The highest BCUT2D eigenvalue weighted by molar-refractivity contribution is 5.90. The topological polar surface area (TPSA) is 132 Å². The van der Waals surface area contributed by atoms with Gasteiger partial charge in [0.25, 0.3) is 5.88 Å². The number of nitrogens with two attached hydrogens (primary N) is 1. The highest BCUT2D eigenvalue weighted by Crippen LogP contribution is 2.36. The highest BCUT2D eigenvalue weighted by atomic mass is 16.5. The molecule has 9 nitrogen and oxygen atoms in total. The Morgan fingerprint density at radius 1 is 1.32 bits per heavy atom. The van der Waals surface area contributed by atoms with Crippen LogP contribution in [0.5, 0.6) is 11.8 Å². The van der Waals surface area contributed by atoms with Crippen molar-refractivity contribution in [2.75, 3.05) is 5.73 Å². The fraction of sp³-hybridized carbons (Fsp3) is 0.375. The molecule has 1 fully saturated rings. The number of pyridine rings is 1. The average molecular weight is 342 g/mol. The maximum Gasteiger partial charge on any atom is 0.253 e. The van der Waals surface area contributed by atoms with Crippen molar-refractivity contribution in [2.24, 2.45) is 0 Å². The summed E-state index contributed by atoms with van der Waals surface area (Å²) in [5, 5.41) is 15.3. The van der Waals surface area contributed by atoms with E-state index in [1.54, 1.807) is 4.68 Å². The van der Waals surface area contributed by atoms with Crippen LogP contribution >= 0.6 is 0 Å². The largest absolute Gasteiger partial charge is 0.420 e. The molecule has 130 valence electrons. The van der Waals surface area contributed by atoms with Gasteiger partial charge in [-0.1, -0.05) is 12.8 Å². The summed E-state index contributed by atoms with van der Waals surface area (Å²) in [5.74, 6) is 0.675. The number of aromatic nitrogens is 5. The normalized spacial score (nSPS) is 20.7. The lowest BCUT2D eigenvalue weighted by Gasteiger charge is -2.27. The lowest BCUT2D eigenvalue weighted by atomic mass is 9.93. The van der Waals surface area contributed by atoms with Crippen LogP contribution in [0.3, 0.4) is 0 Å². The van der Waals surface area contributed by atoms with Crippen LogP contribution in [0.15, 0.2) is 29.5 Å². The van der Waals surface area contributed by atoms with Crippen LogP contribution in [0.1, 0.15) is 31.7 Å². The van der Waals surface area contributed by atoms with Crippen LogP contribution < -0.4 is 15.9 Å². The van der Waals surface area contributed by atoms with Gasteiger partial charge in [0.2, 0.25) is 5.88 Å². The van der Waals surface area contributed by atoms with Crippen molar-refractivity contribution in [2.45, 2.75) is 37.8 Å². The number of rotatable bonds is 3. The van der Waals surface area contributed by atoms with Gasteiger partial charge < -0.3 is 20.6 Å². The van der Waals surface area contributed by atoms with Crippen LogP contribution in [-0.2, 0) is 0 Å². The molecule has 0 unspecified atom stereocenters. The van der Waals surface area contributed by atoms with Crippen LogP contribution in [0, 0.1) is 0 Å². The first kappa shape index (κ1) is 15.6. The summed E-state index contributed by atoms with van der Waals surface area (Å²) < 4.78 is 7.39. The first-order chi connectivity index (χ1) is 12.1. The number of hydrogen-bond donors (Lipinski definition) is 3. The number of aromatic amines is 1. The number of nitrogens with zero attached hydrogens (tertiary/aromatic N) is 4. The van der Waals surface area contributed by atoms with E-state index in [1.807, 2.05) is 0 Å². The van der Waals surface area contributed by atoms with E-state index < -0.39 is 6.10 Å². The van der Waals surface area contributed by atoms with Gasteiger partial charge in [0, 0.05) is 18.3 Å². The number of nitrogen functional groups attached to an aromatic ring is 1. The first-order valence-corrected chi connectivity index (χ1v) is 8.17. The second-order valence-electron chi connectivity index (χ2n) is 6.12. The predicted molar refractivity (Wildman–Crippen MR) is 90.4 cm³/mol. The minimum absolute atomic E-state index is 0.190. The number of nitrogens with one attached hydrogen (secondary N) is 1. The van der Waals surface area contributed by atoms with Gasteiger partial charge in [0.1, 0.15) is 17.5 Å². The summed E-state index contributed by atoms with van der Waals surface area (Å²) in [4.78, 5) is 22.6. The summed E-state index contributed by atoms with van der Waals surface area (Å²) in [5.41, 5.74) is 6.32. The Hall–Kier alpha value is -2.94. The highest BCUT2D eigenvalue weighted by Gasteiger charge is 2.29. The fourth-order valence-electron chi connectivity index (χ4n) is 3.23. The third kappa shape index (κ3) is 2.82. The molecule has 4 N–H and O–H groups in total. The van der Waals surface area contributed by atoms with E-state index in [2.05, 4.69) is 20.1 Å². The van der Waals surface area contributed by atoms with Crippen molar-refractivity contribution >= 4 is 16.9 Å². The molecule has 25 heavy (non-hydrogen) atoms. The molecule has 0 spiro atoms. The van der Waals surface area contributed by atoms with Gasteiger partial charge in [0.05, 0.1) is 12.1 Å². The van der Waals surface area contributed by atoms with Gasteiger partial charge in [-0.15, -0.1) is 5.10 Å². The summed E-state index contributed by atoms with van der Waals surface area (Å²) in [6, 6.07) is 2.51. The van der Waals surface area contributed by atoms with Crippen molar-refractivity contribution in [1.82, 2.24) is 24.7 Å². The number of H-pyrrole nitrogens is 1. The SMILES string of the molecule is Nc1ncnc2c1c(Oc1cc(=O)cc[nH]1)nn2[C@H]1CCCC[C@H]1O. The molecule has 9 heteroatoms. The molecule has 0 aliphatic heterocycles. The molecule has 0 radical (unpaired) electrons. The zero-order valence-electron chi connectivity index (χ0n) is 13.4. The molecule has 3 aromatic rings. The van der Waals surface area contributed by atoms with Crippen LogP contribution in [-0.4, -0.2) is 35.9 Å². The Bertz CT molecular complexity index is 966. The molecule has 0 aromatic carbocycles. The maximum atomic E-state index is 11.5. The molecular weight excluding hydrogens is 324 g/mol. The molecular formula is C16H18N6O3. The Morgan fingerprint density at radius 3 is 2.96 bits per heavy atom. The van der Waals surface area contributed by atoms with Crippen molar-refractivity contribution in [3.63, 3.8) is 0 Å². The summed E-state index contributed by atoms with van der Waals surface area (Å²) in [7, 11) is 0. The third-order valence-corrected chi connectivity index (χ3v) is 4.45. The molecule has 0 saturated heterocycles. The van der Waals surface area contributed by atoms with E-state index in [9.17, 15) is 9.90 Å². The molecule has 1 aliphatic carbocycles. The summed E-state index contributed by atoms with van der Waals surface area (Å²) in [6.45, 7) is 0. The van der Waals surface area contributed by atoms with E-state index in [-0.39, 0.29) is 29.0 Å². The molecule has 4 rings (SSSR count). The lowest BCUT2D eigenvalue weighted by molar-refractivity contribution is 0.0708. The number of aliphatic hydroxyl groups is 1. The predicted octanol–water partition coefficient (Wildman–Crippen LogP) is 1.37. The van der Waals surface area contributed by atoms with Crippen LogP contribution in [0.4, 0.5) is 5.82 Å². The van der Waals surface area contributed by atoms with Gasteiger partial charge in [-0.05, 0) is 12.8 Å². The van der Waals surface area contributed by atoms with E-state index in [1.165, 1.54) is 24.7 Å². The van der Waals surface area contributed by atoms with E-state index in [0.717, 1.165) is 25.7 Å². The van der Waals surface area contributed by atoms with E-state index >= 15 is 0 Å². The smallest absolute Gasteiger partial charge is 0.253 e. The fourth-order valence-corrected chi connectivity index (χ4v) is 3.23. The zero-order valence-corrected chi connectivity index (χ0v) is 13.4. The number of aliphatic hydroxyl groups excluding tert-OH is 1. The molecule has 1 saturated carbocycles. The van der Waals surface area contributed by atoms with Gasteiger partial charge in [0.15, 0.2) is 11.1 Å². The lowest BCUT2D eigenvalue weighted by Crippen LogP contribution is -2.28. The minimum Gasteiger partial charge on any atom is -0.420 e. The average Bonchev–Trinajstić information content (AvgIpc) is 2.95. The van der Waals surface area contributed by atoms with E-state index in [0.29, 0.717) is 11.0 Å². The van der Waals surface area contributed by atoms with Gasteiger partial charge in [-0.25, -0.2) is 14.6 Å². The van der Waals surface area contributed by atoms with E-state index in [4.69, 9.17) is 10.5 Å². The van der Waals surface area contributed by atoms with Crippen LogP contribution in [0.2, 0.25) is 0 Å². The van der Waals surface area contributed by atoms with Crippen LogP contribution in [0.25, 0.3) is 11.0 Å². The Kier molecular flexibility index (Phi) is 3.85. The number of hydrogen-bond acceptors (Lipinski definition) is 7. The molecule has 0 amide bonds. The Balaban J connectivity index is 1.83. The second kappa shape index (κ2) is 6.17. The van der Waals surface area contributed by atoms with Crippen molar-refractivity contribution in [3.8, 4) is 11.8 Å². The zero-order chi connectivity index (χ0) is 17.4. The summed E-state index contributed by atoms with van der Waals surface area (Å²) >= 11 is 0. The minimum atomic E-state index is -0.502. The summed E-state index contributed by atoms with van der Waals surface area (Å²) in [6.07, 6.45) is 5.85. The Labute approximate surface area is 142 Å². The number of fused-ring (bicyclic) bond motifs is 1. The molecule has 3 heterocycles. The second-order valence-corrected chi connectivity index (χ2v) is 6.12. The molecule has 1 aliphatic rings. The quantitative estimate of drug-likeness (QED) is 0.654. The van der Waals surface area contributed by atoms with Crippen molar-refractivity contribution < 1.29 is 9.84 Å². The Morgan fingerprint density at radius 2 is 2.16 bits per heavy atom.